The molecular weight excluding hydrogens is 392 g/mol. The molecule has 0 aliphatic carbocycles. The van der Waals surface area contributed by atoms with E-state index < -0.39 is 0 Å². The Labute approximate surface area is 182 Å². The Morgan fingerprint density at radius 2 is 1.80 bits per heavy atom. The zero-order valence-corrected chi connectivity index (χ0v) is 18.1. The monoisotopic (exact) mass is 418 g/mol. The van der Waals surface area contributed by atoms with Gasteiger partial charge in [0, 0.05) is 30.2 Å². The molecule has 0 N–H and O–H groups in total. The van der Waals surface area contributed by atoms with Crippen molar-refractivity contribution in [1.29, 1.82) is 5.26 Å². The number of rotatable bonds is 7. The Morgan fingerprint density at radius 1 is 1.07 bits per heavy atom. The normalized spacial score (nSPS) is 15.6. The molecule has 0 spiro atoms. The first-order valence-electron chi connectivity index (χ1n) is 10.4. The summed E-state index contributed by atoms with van der Waals surface area (Å²) in [6, 6.07) is 21.2. The summed E-state index contributed by atoms with van der Waals surface area (Å²) in [6.07, 6.45) is 3.56. The van der Waals surface area contributed by atoms with Gasteiger partial charge in [0.1, 0.15) is 0 Å². The molecule has 4 rings (SSSR count). The SMILES string of the molecule is Cc1ccc(-n2c(SCCCC3(C#N)CCOCC3)nnc2-c2ccccc2)cc1. The van der Waals surface area contributed by atoms with E-state index in [1.54, 1.807) is 11.8 Å². The van der Waals surface area contributed by atoms with Crippen LogP contribution in [-0.4, -0.2) is 33.7 Å². The Hall–Kier alpha value is -2.62. The lowest BCUT2D eigenvalue weighted by Crippen LogP contribution is -2.28. The summed E-state index contributed by atoms with van der Waals surface area (Å²) in [7, 11) is 0. The molecule has 5 nitrogen and oxygen atoms in total. The fourth-order valence-electron chi connectivity index (χ4n) is 3.82. The van der Waals surface area contributed by atoms with Crippen LogP contribution in [0.1, 0.15) is 31.2 Å². The maximum absolute atomic E-state index is 9.66. The zero-order valence-electron chi connectivity index (χ0n) is 17.3. The summed E-state index contributed by atoms with van der Waals surface area (Å²) >= 11 is 1.71. The first-order chi connectivity index (χ1) is 14.7. The van der Waals surface area contributed by atoms with Crippen LogP contribution < -0.4 is 0 Å². The molecule has 0 atom stereocenters. The van der Waals surface area contributed by atoms with E-state index >= 15 is 0 Å². The zero-order chi connectivity index (χ0) is 20.8. The first kappa shape index (κ1) is 20.6. The number of hydrogen-bond donors (Lipinski definition) is 0. The maximum atomic E-state index is 9.66. The molecule has 2 heterocycles. The first-order valence-corrected chi connectivity index (χ1v) is 11.4. The summed E-state index contributed by atoms with van der Waals surface area (Å²) in [5.74, 6) is 1.75. The molecule has 0 bridgehead atoms. The third-order valence-electron chi connectivity index (χ3n) is 5.68. The number of thioether (sulfide) groups is 1. The number of benzene rings is 2. The molecule has 3 aromatic rings. The van der Waals surface area contributed by atoms with Crippen molar-refractivity contribution in [3.05, 3.63) is 60.2 Å². The molecule has 2 aromatic carbocycles. The second kappa shape index (κ2) is 9.46. The summed E-state index contributed by atoms with van der Waals surface area (Å²) in [5.41, 5.74) is 3.10. The maximum Gasteiger partial charge on any atom is 0.196 e. The summed E-state index contributed by atoms with van der Waals surface area (Å²) in [6.45, 7) is 3.48. The van der Waals surface area contributed by atoms with Gasteiger partial charge in [0.05, 0.1) is 11.5 Å². The van der Waals surface area contributed by atoms with E-state index in [1.807, 2.05) is 18.2 Å². The van der Waals surface area contributed by atoms with Crippen molar-refractivity contribution < 1.29 is 4.74 Å². The molecular formula is C24H26N4OS. The van der Waals surface area contributed by atoms with Gasteiger partial charge < -0.3 is 4.74 Å². The molecule has 0 saturated carbocycles. The van der Waals surface area contributed by atoms with Crippen molar-refractivity contribution in [2.24, 2.45) is 5.41 Å². The largest absolute Gasteiger partial charge is 0.381 e. The fourth-order valence-corrected chi connectivity index (χ4v) is 4.71. The summed E-state index contributed by atoms with van der Waals surface area (Å²) < 4.78 is 7.58. The Kier molecular flexibility index (Phi) is 6.51. The predicted molar refractivity (Wildman–Crippen MR) is 120 cm³/mol. The van der Waals surface area contributed by atoms with Crippen LogP contribution in [0.5, 0.6) is 0 Å². The van der Waals surface area contributed by atoms with Crippen molar-refractivity contribution >= 4 is 11.8 Å². The van der Waals surface area contributed by atoms with Crippen LogP contribution in [0.15, 0.2) is 59.8 Å². The van der Waals surface area contributed by atoms with Crippen LogP contribution in [0.4, 0.5) is 0 Å². The van der Waals surface area contributed by atoms with E-state index in [0.717, 1.165) is 53.7 Å². The van der Waals surface area contributed by atoms with Gasteiger partial charge in [0.2, 0.25) is 0 Å². The van der Waals surface area contributed by atoms with Crippen LogP contribution in [0.25, 0.3) is 17.1 Å². The standard InChI is InChI=1S/C24H26N4OS/c1-19-8-10-21(11-9-19)28-22(20-6-3-2-4-7-20)26-27-23(28)30-17-5-12-24(18-25)13-15-29-16-14-24/h2-4,6-11H,5,12-17H2,1H3. The molecule has 6 heteroatoms. The number of nitriles is 1. The molecule has 1 aromatic heterocycles. The Balaban J connectivity index is 1.52. The minimum absolute atomic E-state index is 0.224. The average molecular weight is 419 g/mol. The second-order valence-electron chi connectivity index (χ2n) is 7.80. The molecule has 0 amide bonds. The van der Waals surface area contributed by atoms with Gasteiger partial charge in [-0.1, -0.05) is 59.8 Å². The van der Waals surface area contributed by atoms with Gasteiger partial charge in [-0.2, -0.15) is 5.26 Å². The van der Waals surface area contributed by atoms with E-state index in [9.17, 15) is 5.26 Å². The summed E-state index contributed by atoms with van der Waals surface area (Å²) in [5, 5.41) is 19.6. The molecule has 1 aliphatic heterocycles. The lowest BCUT2D eigenvalue weighted by Gasteiger charge is -2.30. The van der Waals surface area contributed by atoms with Crippen LogP contribution in [-0.2, 0) is 4.74 Å². The smallest absolute Gasteiger partial charge is 0.196 e. The molecule has 0 unspecified atom stereocenters. The van der Waals surface area contributed by atoms with Gasteiger partial charge in [0.15, 0.2) is 11.0 Å². The van der Waals surface area contributed by atoms with E-state index in [-0.39, 0.29) is 5.41 Å². The fraction of sp³-hybridized carbons (Fsp3) is 0.375. The lowest BCUT2D eigenvalue weighted by molar-refractivity contribution is 0.0368. The Bertz CT molecular complexity index is 1000. The number of nitrogens with zero attached hydrogens (tertiary/aromatic N) is 4. The van der Waals surface area contributed by atoms with Crippen LogP contribution >= 0.6 is 11.8 Å². The van der Waals surface area contributed by atoms with Gasteiger partial charge >= 0.3 is 0 Å². The minimum atomic E-state index is -0.224. The highest BCUT2D eigenvalue weighted by molar-refractivity contribution is 7.99. The van der Waals surface area contributed by atoms with Crippen LogP contribution in [0.3, 0.4) is 0 Å². The van der Waals surface area contributed by atoms with Gasteiger partial charge in [-0.3, -0.25) is 4.57 Å². The lowest BCUT2D eigenvalue weighted by atomic mass is 9.78. The van der Waals surface area contributed by atoms with E-state index in [4.69, 9.17) is 4.74 Å². The highest BCUT2D eigenvalue weighted by Crippen LogP contribution is 2.36. The number of hydrogen-bond acceptors (Lipinski definition) is 5. The van der Waals surface area contributed by atoms with Crippen molar-refractivity contribution in [2.45, 2.75) is 37.8 Å². The Morgan fingerprint density at radius 3 is 2.50 bits per heavy atom. The van der Waals surface area contributed by atoms with E-state index in [1.165, 1.54) is 5.56 Å². The summed E-state index contributed by atoms with van der Waals surface area (Å²) in [4.78, 5) is 0. The quantitative estimate of drug-likeness (QED) is 0.378. The van der Waals surface area contributed by atoms with Crippen molar-refractivity contribution in [3.63, 3.8) is 0 Å². The van der Waals surface area contributed by atoms with Crippen molar-refractivity contribution in [3.8, 4) is 23.1 Å². The third-order valence-corrected chi connectivity index (χ3v) is 6.69. The topological polar surface area (TPSA) is 63.7 Å². The van der Waals surface area contributed by atoms with E-state index in [2.05, 4.69) is 64.2 Å². The molecule has 1 saturated heterocycles. The van der Waals surface area contributed by atoms with Gasteiger partial charge in [-0.25, -0.2) is 0 Å². The average Bonchev–Trinajstić information content (AvgIpc) is 3.22. The third kappa shape index (κ3) is 4.58. The van der Waals surface area contributed by atoms with Gasteiger partial charge in [0.25, 0.3) is 0 Å². The van der Waals surface area contributed by atoms with Crippen LogP contribution in [0.2, 0.25) is 0 Å². The molecule has 1 fully saturated rings. The highest BCUT2D eigenvalue weighted by Gasteiger charge is 2.32. The number of ether oxygens (including phenoxy) is 1. The predicted octanol–water partition coefficient (Wildman–Crippen LogP) is 5.44. The highest BCUT2D eigenvalue weighted by atomic mass is 32.2. The molecule has 154 valence electrons. The second-order valence-corrected chi connectivity index (χ2v) is 8.86. The molecule has 0 radical (unpaired) electrons. The van der Waals surface area contributed by atoms with Gasteiger partial charge in [-0.15, -0.1) is 10.2 Å². The van der Waals surface area contributed by atoms with Crippen molar-refractivity contribution in [2.75, 3.05) is 19.0 Å². The number of aromatic nitrogens is 3. The minimum Gasteiger partial charge on any atom is -0.381 e. The van der Waals surface area contributed by atoms with E-state index in [0.29, 0.717) is 13.2 Å². The molecule has 1 aliphatic rings. The van der Waals surface area contributed by atoms with Crippen molar-refractivity contribution in [1.82, 2.24) is 14.8 Å². The molecule has 30 heavy (non-hydrogen) atoms. The van der Waals surface area contributed by atoms with Crippen LogP contribution in [0, 0.1) is 23.7 Å². The number of aryl methyl sites for hydroxylation is 1. The van der Waals surface area contributed by atoms with Gasteiger partial charge in [-0.05, 0) is 44.7 Å².